The van der Waals surface area contributed by atoms with Crippen LogP contribution in [0.1, 0.15) is 20.3 Å². The van der Waals surface area contributed by atoms with Gasteiger partial charge in [-0.3, -0.25) is 4.79 Å². The second kappa shape index (κ2) is 7.61. The Morgan fingerprint density at radius 2 is 2.05 bits per heavy atom. The smallest absolute Gasteiger partial charge is 0.240 e. The van der Waals surface area contributed by atoms with E-state index in [9.17, 15) is 13.2 Å². The lowest BCUT2D eigenvalue weighted by Crippen LogP contribution is -2.37. The number of hydrogen-bond donors (Lipinski definition) is 1. The van der Waals surface area contributed by atoms with E-state index in [2.05, 4.69) is 4.72 Å². The number of nitrogens with one attached hydrogen (secondary N) is 1. The molecular formula is C13H19ClN2O3S. The number of hydrogen-bond acceptors (Lipinski definition) is 3. The predicted octanol–water partition coefficient (Wildman–Crippen LogP) is 1.88. The molecule has 1 amide bonds. The van der Waals surface area contributed by atoms with Crippen LogP contribution in [0.25, 0.3) is 0 Å². The molecule has 1 N–H and O–H groups in total. The van der Waals surface area contributed by atoms with E-state index in [1.807, 2.05) is 6.92 Å². The molecule has 0 aliphatic heterocycles. The van der Waals surface area contributed by atoms with Gasteiger partial charge in [-0.15, -0.1) is 0 Å². The maximum Gasteiger partial charge on any atom is 0.240 e. The number of nitrogens with zero attached hydrogens (tertiary/aromatic N) is 1. The maximum atomic E-state index is 12.0. The number of halogens is 1. The second-order valence-electron chi connectivity index (χ2n) is 4.36. The summed E-state index contributed by atoms with van der Waals surface area (Å²) in [5, 5.41) is 0.365. The number of carbonyl (C=O) groups is 1. The highest BCUT2D eigenvalue weighted by Gasteiger charge is 2.15. The van der Waals surface area contributed by atoms with Gasteiger partial charge >= 0.3 is 0 Å². The number of carbonyl (C=O) groups excluding carboxylic acids is 1. The molecule has 0 atom stereocenters. The Morgan fingerprint density at radius 1 is 1.35 bits per heavy atom. The molecule has 0 saturated heterocycles. The second-order valence-corrected chi connectivity index (χ2v) is 6.56. The number of amides is 1. The molecule has 0 unspecified atom stereocenters. The monoisotopic (exact) mass is 318 g/mol. The maximum absolute atomic E-state index is 12.0. The van der Waals surface area contributed by atoms with Crippen molar-refractivity contribution in [1.82, 2.24) is 9.62 Å². The van der Waals surface area contributed by atoms with E-state index < -0.39 is 10.0 Å². The first-order valence-electron chi connectivity index (χ1n) is 6.37. The highest BCUT2D eigenvalue weighted by Crippen LogP contribution is 2.14. The van der Waals surface area contributed by atoms with Gasteiger partial charge in [-0.1, -0.05) is 24.6 Å². The fourth-order valence-corrected chi connectivity index (χ4v) is 3.05. The first-order chi connectivity index (χ1) is 9.36. The summed E-state index contributed by atoms with van der Waals surface area (Å²) >= 11 is 5.77. The molecule has 5 nitrogen and oxygen atoms in total. The van der Waals surface area contributed by atoms with Crippen molar-refractivity contribution in [2.24, 2.45) is 0 Å². The van der Waals surface area contributed by atoms with Gasteiger partial charge in [0.15, 0.2) is 0 Å². The topological polar surface area (TPSA) is 66.5 Å². The van der Waals surface area contributed by atoms with Crippen LogP contribution in [0.15, 0.2) is 29.2 Å². The zero-order valence-electron chi connectivity index (χ0n) is 11.6. The summed E-state index contributed by atoms with van der Waals surface area (Å²) in [4.78, 5) is 13.1. The third-order valence-corrected chi connectivity index (χ3v) is 4.41. The van der Waals surface area contributed by atoms with Gasteiger partial charge in [-0.05, 0) is 24.6 Å². The lowest BCUT2D eigenvalue weighted by atomic mass is 10.4. The Balaban J connectivity index is 2.62. The Kier molecular flexibility index (Phi) is 6.45. The lowest BCUT2D eigenvalue weighted by molar-refractivity contribution is -0.128. The largest absolute Gasteiger partial charge is 0.342 e. The molecule has 0 aliphatic carbocycles. The Labute approximate surface area is 125 Å². The van der Waals surface area contributed by atoms with Crippen molar-refractivity contribution in [2.75, 3.05) is 19.6 Å². The van der Waals surface area contributed by atoms with E-state index in [0.717, 1.165) is 6.42 Å². The highest BCUT2D eigenvalue weighted by atomic mass is 35.5. The van der Waals surface area contributed by atoms with Crippen molar-refractivity contribution < 1.29 is 13.2 Å². The van der Waals surface area contributed by atoms with Gasteiger partial charge in [0.25, 0.3) is 0 Å². The van der Waals surface area contributed by atoms with E-state index >= 15 is 0 Å². The number of benzene rings is 1. The Morgan fingerprint density at radius 3 is 2.60 bits per heavy atom. The molecule has 1 rings (SSSR count). The Bertz CT molecular complexity index is 560. The SMILES string of the molecule is CCCN(CCNS(=O)(=O)c1cccc(Cl)c1)C(C)=O. The van der Waals surface area contributed by atoms with Crippen LogP contribution in [0.3, 0.4) is 0 Å². The van der Waals surface area contributed by atoms with Crippen LogP contribution in [-0.4, -0.2) is 38.9 Å². The van der Waals surface area contributed by atoms with Crippen molar-refractivity contribution in [3.8, 4) is 0 Å². The van der Waals surface area contributed by atoms with Crippen LogP contribution in [-0.2, 0) is 14.8 Å². The average molecular weight is 319 g/mol. The predicted molar refractivity (Wildman–Crippen MR) is 79.2 cm³/mol. The molecule has 0 bridgehead atoms. The van der Waals surface area contributed by atoms with Gasteiger partial charge in [0.05, 0.1) is 4.90 Å². The van der Waals surface area contributed by atoms with Gasteiger partial charge in [0.1, 0.15) is 0 Å². The van der Waals surface area contributed by atoms with Gasteiger partial charge < -0.3 is 4.90 Å². The molecular weight excluding hydrogens is 300 g/mol. The molecule has 7 heteroatoms. The standard InChI is InChI=1S/C13H19ClN2O3S/c1-3-8-16(11(2)17)9-7-15-20(18,19)13-6-4-5-12(14)10-13/h4-6,10,15H,3,7-9H2,1-2H3. The molecule has 0 radical (unpaired) electrons. The fraction of sp³-hybridized carbons (Fsp3) is 0.462. The first-order valence-corrected chi connectivity index (χ1v) is 8.23. The fourth-order valence-electron chi connectivity index (χ4n) is 1.73. The van der Waals surface area contributed by atoms with Gasteiger partial charge in [0.2, 0.25) is 15.9 Å². The quantitative estimate of drug-likeness (QED) is 0.834. The van der Waals surface area contributed by atoms with Crippen LogP contribution < -0.4 is 4.72 Å². The lowest BCUT2D eigenvalue weighted by Gasteiger charge is -2.20. The van der Waals surface area contributed by atoms with Crippen molar-refractivity contribution >= 4 is 27.5 Å². The van der Waals surface area contributed by atoms with Crippen LogP contribution in [0, 0.1) is 0 Å². The first kappa shape index (κ1) is 16.9. The summed E-state index contributed by atoms with van der Waals surface area (Å²) in [7, 11) is -3.59. The number of sulfonamides is 1. The normalized spacial score (nSPS) is 11.3. The minimum Gasteiger partial charge on any atom is -0.342 e. The minimum atomic E-state index is -3.59. The third kappa shape index (κ3) is 5.11. The molecule has 1 aromatic rings. The average Bonchev–Trinajstić information content (AvgIpc) is 2.37. The summed E-state index contributed by atoms with van der Waals surface area (Å²) in [6.07, 6.45) is 0.834. The summed E-state index contributed by atoms with van der Waals surface area (Å²) in [5.74, 6) is -0.0613. The minimum absolute atomic E-state index is 0.0613. The molecule has 0 heterocycles. The molecule has 0 saturated carbocycles. The zero-order chi connectivity index (χ0) is 15.2. The van der Waals surface area contributed by atoms with Crippen molar-refractivity contribution in [3.63, 3.8) is 0 Å². The summed E-state index contributed by atoms with van der Waals surface area (Å²) < 4.78 is 26.5. The van der Waals surface area contributed by atoms with Crippen LogP contribution in [0.4, 0.5) is 0 Å². The van der Waals surface area contributed by atoms with Gasteiger partial charge in [-0.2, -0.15) is 0 Å². The summed E-state index contributed by atoms with van der Waals surface area (Å²) in [5.41, 5.74) is 0. The summed E-state index contributed by atoms with van der Waals surface area (Å²) in [6.45, 7) is 4.58. The van der Waals surface area contributed by atoms with E-state index in [1.165, 1.54) is 19.1 Å². The van der Waals surface area contributed by atoms with Crippen molar-refractivity contribution in [2.45, 2.75) is 25.2 Å². The van der Waals surface area contributed by atoms with E-state index in [-0.39, 0.29) is 17.3 Å². The number of rotatable bonds is 7. The van der Waals surface area contributed by atoms with E-state index in [0.29, 0.717) is 18.1 Å². The van der Waals surface area contributed by atoms with Crippen LogP contribution in [0.2, 0.25) is 5.02 Å². The van der Waals surface area contributed by atoms with Crippen molar-refractivity contribution in [3.05, 3.63) is 29.3 Å². The van der Waals surface area contributed by atoms with Crippen LogP contribution in [0.5, 0.6) is 0 Å². The Hall–Kier alpha value is -1.11. The summed E-state index contributed by atoms with van der Waals surface area (Å²) in [6, 6.07) is 6.05. The van der Waals surface area contributed by atoms with Gasteiger partial charge in [-0.25, -0.2) is 13.1 Å². The van der Waals surface area contributed by atoms with Gasteiger partial charge in [0, 0.05) is 31.6 Å². The molecule has 1 aromatic carbocycles. The molecule has 0 fully saturated rings. The highest BCUT2D eigenvalue weighted by molar-refractivity contribution is 7.89. The zero-order valence-corrected chi connectivity index (χ0v) is 13.2. The van der Waals surface area contributed by atoms with E-state index in [1.54, 1.807) is 17.0 Å². The van der Waals surface area contributed by atoms with Crippen molar-refractivity contribution in [1.29, 1.82) is 0 Å². The molecule has 0 aromatic heterocycles. The molecule has 0 spiro atoms. The van der Waals surface area contributed by atoms with E-state index in [4.69, 9.17) is 11.6 Å². The molecule has 0 aliphatic rings. The van der Waals surface area contributed by atoms with Crippen LogP contribution >= 0.6 is 11.6 Å². The molecule has 112 valence electrons. The molecule has 20 heavy (non-hydrogen) atoms. The third-order valence-electron chi connectivity index (χ3n) is 2.72.